The van der Waals surface area contributed by atoms with Crippen LogP contribution in [0.4, 0.5) is 0 Å². The molecule has 5 heteroatoms. The number of hydrogen-bond donors (Lipinski definition) is 0. The van der Waals surface area contributed by atoms with E-state index in [-0.39, 0.29) is 5.91 Å². The van der Waals surface area contributed by atoms with Crippen LogP contribution in [-0.4, -0.2) is 41.9 Å². The molecule has 0 spiro atoms. The lowest BCUT2D eigenvalue weighted by Crippen LogP contribution is -2.48. The summed E-state index contributed by atoms with van der Waals surface area (Å²) in [4.78, 5) is 18.2. The number of ether oxygens (including phenoxy) is 1. The molecule has 2 heterocycles. The van der Waals surface area contributed by atoms with Crippen LogP contribution in [0.25, 0.3) is 0 Å². The molecule has 0 unspecified atom stereocenters. The number of piperazine rings is 1. The van der Waals surface area contributed by atoms with Crippen molar-refractivity contribution in [1.82, 2.24) is 9.80 Å². The molecule has 0 bridgehead atoms. The average molecular weight is 449 g/mol. The first-order valence-corrected chi connectivity index (χ1v) is 12.2. The zero-order chi connectivity index (χ0) is 22.5. The summed E-state index contributed by atoms with van der Waals surface area (Å²) in [5, 5.41) is 2.03. The molecule has 0 aliphatic carbocycles. The summed E-state index contributed by atoms with van der Waals surface area (Å²) in [5.41, 5.74) is 4.98. The molecule has 1 aromatic heterocycles. The second kappa shape index (κ2) is 10.3. The fourth-order valence-electron chi connectivity index (χ4n) is 4.01. The lowest BCUT2D eigenvalue weighted by molar-refractivity contribution is 0.0633. The number of carbonyl (C=O) groups is 1. The Morgan fingerprint density at radius 3 is 2.44 bits per heavy atom. The van der Waals surface area contributed by atoms with E-state index in [0.29, 0.717) is 12.5 Å². The standard InChI is InChI=1S/C27H32N2O2S/c1-20(2)24-7-9-25(10-8-24)31-18-23-16-26(32-19-23)27(30)29-13-11-28(12-14-29)17-22-6-4-5-21(3)15-22/h4-10,15-16,19-20H,11-14,17-18H2,1-3H3. The maximum atomic E-state index is 13.0. The van der Waals surface area contributed by atoms with Crippen molar-refractivity contribution >= 4 is 17.2 Å². The normalized spacial score (nSPS) is 14.7. The van der Waals surface area contributed by atoms with Gasteiger partial charge in [0, 0.05) is 38.3 Å². The predicted octanol–water partition coefficient (Wildman–Crippen LogP) is 5.72. The Morgan fingerprint density at radius 2 is 1.75 bits per heavy atom. The molecule has 0 radical (unpaired) electrons. The molecule has 32 heavy (non-hydrogen) atoms. The van der Waals surface area contributed by atoms with Gasteiger partial charge in [-0.3, -0.25) is 9.69 Å². The number of thiophene rings is 1. The molecular formula is C27H32N2O2S. The van der Waals surface area contributed by atoms with Crippen molar-refractivity contribution in [3.63, 3.8) is 0 Å². The molecule has 1 amide bonds. The summed E-state index contributed by atoms with van der Waals surface area (Å²) in [6.45, 7) is 11.3. The van der Waals surface area contributed by atoms with Crippen molar-refractivity contribution in [2.24, 2.45) is 0 Å². The Kier molecular flexibility index (Phi) is 7.28. The summed E-state index contributed by atoms with van der Waals surface area (Å²) in [7, 11) is 0. The lowest BCUT2D eigenvalue weighted by Gasteiger charge is -2.34. The van der Waals surface area contributed by atoms with E-state index in [4.69, 9.17) is 4.74 Å². The van der Waals surface area contributed by atoms with Gasteiger partial charge >= 0.3 is 0 Å². The highest BCUT2D eigenvalue weighted by Crippen LogP contribution is 2.22. The van der Waals surface area contributed by atoms with Crippen LogP contribution in [0.1, 0.15) is 51.7 Å². The topological polar surface area (TPSA) is 32.8 Å². The van der Waals surface area contributed by atoms with Gasteiger partial charge in [-0.05, 0) is 47.5 Å². The summed E-state index contributed by atoms with van der Waals surface area (Å²) < 4.78 is 5.92. The number of benzene rings is 2. The zero-order valence-corrected chi connectivity index (χ0v) is 20.0. The number of carbonyl (C=O) groups excluding carboxylic acids is 1. The lowest BCUT2D eigenvalue weighted by atomic mass is 10.0. The third-order valence-electron chi connectivity index (χ3n) is 5.96. The molecule has 0 N–H and O–H groups in total. The van der Waals surface area contributed by atoms with E-state index < -0.39 is 0 Å². The van der Waals surface area contributed by atoms with Crippen LogP contribution in [0, 0.1) is 6.92 Å². The summed E-state index contributed by atoms with van der Waals surface area (Å²) >= 11 is 1.51. The Labute approximate surface area is 195 Å². The number of hydrogen-bond acceptors (Lipinski definition) is 4. The van der Waals surface area contributed by atoms with Crippen molar-refractivity contribution in [3.8, 4) is 5.75 Å². The van der Waals surface area contributed by atoms with E-state index in [2.05, 4.69) is 62.1 Å². The first-order valence-electron chi connectivity index (χ1n) is 11.4. The molecule has 4 rings (SSSR count). The SMILES string of the molecule is Cc1cccc(CN2CCN(C(=O)c3cc(COc4ccc(C(C)C)cc4)cs3)CC2)c1. The molecule has 1 saturated heterocycles. The highest BCUT2D eigenvalue weighted by molar-refractivity contribution is 7.12. The molecule has 3 aromatic rings. The van der Waals surface area contributed by atoms with Crippen LogP contribution in [0.2, 0.25) is 0 Å². The van der Waals surface area contributed by atoms with Crippen LogP contribution in [0.15, 0.2) is 60.0 Å². The molecular weight excluding hydrogens is 416 g/mol. The highest BCUT2D eigenvalue weighted by Gasteiger charge is 2.23. The highest BCUT2D eigenvalue weighted by atomic mass is 32.1. The second-order valence-corrected chi connectivity index (χ2v) is 9.80. The second-order valence-electron chi connectivity index (χ2n) is 8.89. The minimum absolute atomic E-state index is 0.137. The van der Waals surface area contributed by atoms with E-state index in [1.54, 1.807) is 0 Å². The molecule has 2 aromatic carbocycles. The maximum Gasteiger partial charge on any atom is 0.264 e. The van der Waals surface area contributed by atoms with Gasteiger partial charge in [-0.15, -0.1) is 11.3 Å². The van der Waals surface area contributed by atoms with Crippen molar-refractivity contribution in [2.45, 2.75) is 39.8 Å². The van der Waals surface area contributed by atoms with E-state index in [9.17, 15) is 4.79 Å². The molecule has 0 atom stereocenters. The van der Waals surface area contributed by atoms with Crippen LogP contribution in [-0.2, 0) is 13.2 Å². The quantitative estimate of drug-likeness (QED) is 0.464. The molecule has 168 valence electrons. The van der Waals surface area contributed by atoms with Gasteiger partial charge in [-0.25, -0.2) is 0 Å². The van der Waals surface area contributed by atoms with Gasteiger partial charge in [0.1, 0.15) is 12.4 Å². The van der Waals surface area contributed by atoms with Gasteiger partial charge in [0.25, 0.3) is 5.91 Å². The molecule has 1 aliphatic heterocycles. The van der Waals surface area contributed by atoms with Crippen LogP contribution in [0.3, 0.4) is 0 Å². The van der Waals surface area contributed by atoms with Crippen molar-refractivity contribution in [1.29, 1.82) is 0 Å². The molecule has 0 saturated carbocycles. The Bertz CT molecular complexity index is 1030. The summed E-state index contributed by atoms with van der Waals surface area (Å²) in [6.07, 6.45) is 0. The van der Waals surface area contributed by atoms with Gasteiger partial charge in [0.15, 0.2) is 0 Å². The minimum atomic E-state index is 0.137. The first-order chi connectivity index (χ1) is 15.5. The van der Waals surface area contributed by atoms with Gasteiger partial charge in [-0.1, -0.05) is 55.8 Å². The molecule has 1 aliphatic rings. The fourth-order valence-corrected chi connectivity index (χ4v) is 4.88. The van der Waals surface area contributed by atoms with Crippen molar-refractivity contribution < 1.29 is 9.53 Å². The number of aryl methyl sites for hydroxylation is 1. The van der Waals surface area contributed by atoms with Crippen LogP contribution in [0.5, 0.6) is 5.75 Å². The van der Waals surface area contributed by atoms with Crippen LogP contribution < -0.4 is 4.74 Å². The van der Waals surface area contributed by atoms with Crippen LogP contribution >= 0.6 is 11.3 Å². The van der Waals surface area contributed by atoms with E-state index in [1.165, 1.54) is 28.0 Å². The van der Waals surface area contributed by atoms with E-state index in [1.807, 2.05) is 28.5 Å². The average Bonchev–Trinajstić information content (AvgIpc) is 3.27. The smallest absolute Gasteiger partial charge is 0.264 e. The van der Waals surface area contributed by atoms with Crippen molar-refractivity contribution in [3.05, 3.63) is 87.1 Å². The number of nitrogens with zero attached hydrogens (tertiary/aromatic N) is 2. The molecule has 4 nitrogen and oxygen atoms in total. The minimum Gasteiger partial charge on any atom is -0.489 e. The number of rotatable bonds is 7. The Hall–Kier alpha value is -2.63. The Morgan fingerprint density at radius 1 is 1.00 bits per heavy atom. The number of amides is 1. The largest absolute Gasteiger partial charge is 0.489 e. The monoisotopic (exact) mass is 448 g/mol. The third kappa shape index (κ3) is 5.78. The predicted molar refractivity (Wildman–Crippen MR) is 132 cm³/mol. The maximum absolute atomic E-state index is 13.0. The first kappa shape index (κ1) is 22.6. The summed E-state index contributed by atoms with van der Waals surface area (Å²) in [5.74, 6) is 1.51. The van der Waals surface area contributed by atoms with Gasteiger partial charge in [0.2, 0.25) is 0 Å². The third-order valence-corrected chi connectivity index (χ3v) is 6.93. The van der Waals surface area contributed by atoms with Gasteiger partial charge < -0.3 is 9.64 Å². The fraction of sp³-hybridized carbons (Fsp3) is 0.370. The zero-order valence-electron chi connectivity index (χ0n) is 19.2. The summed E-state index contributed by atoms with van der Waals surface area (Å²) in [6, 6.07) is 18.9. The van der Waals surface area contributed by atoms with Gasteiger partial charge in [-0.2, -0.15) is 0 Å². The van der Waals surface area contributed by atoms with E-state index >= 15 is 0 Å². The Balaban J connectivity index is 1.26. The van der Waals surface area contributed by atoms with E-state index in [0.717, 1.165) is 48.9 Å². The molecule has 1 fully saturated rings. The van der Waals surface area contributed by atoms with Gasteiger partial charge in [0.05, 0.1) is 4.88 Å². The van der Waals surface area contributed by atoms with Crippen molar-refractivity contribution in [2.75, 3.05) is 26.2 Å².